The van der Waals surface area contributed by atoms with E-state index in [1.807, 2.05) is 19.1 Å². The lowest BCUT2D eigenvalue weighted by molar-refractivity contribution is 0.0509. The summed E-state index contributed by atoms with van der Waals surface area (Å²) in [6.45, 7) is 4.46. The van der Waals surface area contributed by atoms with Crippen molar-refractivity contribution in [2.45, 2.75) is 20.3 Å². The second-order valence-corrected chi connectivity index (χ2v) is 4.74. The van der Waals surface area contributed by atoms with Crippen LogP contribution in [0.2, 0.25) is 0 Å². The summed E-state index contributed by atoms with van der Waals surface area (Å²) < 4.78 is 5.26. The Morgan fingerprint density at radius 1 is 0.895 bits per heavy atom. The van der Waals surface area contributed by atoms with Gasteiger partial charge in [-0.3, -0.25) is 0 Å². The molecular formula is C17H18O2. The molecule has 0 atom stereocenters. The third kappa shape index (κ3) is 3.95. The number of rotatable bonds is 4. The van der Waals surface area contributed by atoms with Gasteiger partial charge in [0, 0.05) is 6.42 Å². The molecule has 0 aliphatic rings. The number of benzene rings is 2. The molecule has 2 aromatic carbocycles. The highest BCUT2D eigenvalue weighted by Gasteiger charge is 2.06. The van der Waals surface area contributed by atoms with E-state index >= 15 is 0 Å². The van der Waals surface area contributed by atoms with Crippen LogP contribution < -0.4 is 0 Å². The van der Waals surface area contributed by atoms with Crippen molar-refractivity contribution in [2.24, 2.45) is 0 Å². The second-order valence-electron chi connectivity index (χ2n) is 4.74. The summed E-state index contributed by atoms with van der Waals surface area (Å²) in [6.07, 6.45) is 0.748. The van der Waals surface area contributed by atoms with Crippen molar-refractivity contribution in [3.63, 3.8) is 0 Å². The molecule has 0 unspecified atom stereocenters. The SMILES string of the molecule is Cc1ccc(CCOC(=O)c2ccc(C)cc2)cc1. The summed E-state index contributed by atoms with van der Waals surface area (Å²) in [4.78, 5) is 11.8. The lowest BCUT2D eigenvalue weighted by atomic mass is 10.1. The Morgan fingerprint density at radius 2 is 1.42 bits per heavy atom. The lowest BCUT2D eigenvalue weighted by Gasteiger charge is -2.05. The number of carbonyl (C=O) groups excluding carboxylic acids is 1. The molecule has 2 aromatic rings. The van der Waals surface area contributed by atoms with Crippen molar-refractivity contribution < 1.29 is 9.53 Å². The van der Waals surface area contributed by atoms with Crippen molar-refractivity contribution >= 4 is 5.97 Å². The van der Waals surface area contributed by atoms with Gasteiger partial charge in [-0.15, -0.1) is 0 Å². The Morgan fingerprint density at radius 3 is 2.00 bits per heavy atom. The van der Waals surface area contributed by atoms with Crippen molar-refractivity contribution in [3.8, 4) is 0 Å². The Hall–Kier alpha value is -2.09. The van der Waals surface area contributed by atoms with Gasteiger partial charge in [0.2, 0.25) is 0 Å². The van der Waals surface area contributed by atoms with E-state index in [1.165, 1.54) is 11.1 Å². The maximum atomic E-state index is 11.8. The normalized spacial score (nSPS) is 10.2. The van der Waals surface area contributed by atoms with Crippen LogP contribution in [0.4, 0.5) is 0 Å². The topological polar surface area (TPSA) is 26.3 Å². The highest BCUT2D eigenvalue weighted by Crippen LogP contribution is 2.07. The average Bonchev–Trinajstić information content (AvgIpc) is 2.41. The predicted molar refractivity (Wildman–Crippen MR) is 76.3 cm³/mol. The molecule has 0 amide bonds. The highest BCUT2D eigenvalue weighted by atomic mass is 16.5. The van der Waals surface area contributed by atoms with Crippen molar-refractivity contribution in [1.29, 1.82) is 0 Å². The number of hydrogen-bond acceptors (Lipinski definition) is 2. The molecular weight excluding hydrogens is 236 g/mol. The van der Waals surface area contributed by atoms with Gasteiger partial charge in [-0.2, -0.15) is 0 Å². The molecule has 98 valence electrons. The van der Waals surface area contributed by atoms with Gasteiger partial charge in [-0.05, 0) is 31.5 Å². The molecule has 19 heavy (non-hydrogen) atoms. The van der Waals surface area contributed by atoms with Gasteiger partial charge in [-0.1, -0.05) is 47.5 Å². The quantitative estimate of drug-likeness (QED) is 0.778. The van der Waals surface area contributed by atoms with Gasteiger partial charge in [0.05, 0.1) is 12.2 Å². The van der Waals surface area contributed by atoms with E-state index < -0.39 is 0 Å². The first-order valence-corrected chi connectivity index (χ1v) is 6.44. The second kappa shape index (κ2) is 6.19. The molecule has 0 fully saturated rings. The molecule has 0 saturated heterocycles. The van der Waals surface area contributed by atoms with Crippen LogP contribution in [-0.4, -0.2) is 12.6 Å². The number of hydrogen-bond donors (Lipinski definition) is 0. The molecule has 0 aliphatic carbocycles. The zero-order chi connectivity index (χ0) is 13.7. The van der Waals surface area contributed by atoms with E-state index in [-0.39, 0.29) is 5.97 Å². The molecule has 0 radical (unpaired) electrons. The van der Waals surface area contributed by atoms with E-state index in [1.54, 1.807) is 12.1 Å². The molecule has 0 heterocycles. The lowest BCUT2D eigenvalue weighted by Crippen LogP contribution is -2.08. The standard InChI is InChI=1S/C17H18O2/c1-13-3-7-15(8-4-13)11-12-19-17(18)16-9-5-14(2)6-10-16/h3-10H,11-12H2,1-2H3. The Balaban J connectivity index is 1.84. The molecule has 0 aromatic heterocycles. The van der Waals surface area contributed by atoms with Crippen molar-refractivity contribution in [2.75, 3.05) is 6.61 Å². The van der Waals surface area contributed by atoms with E-state index in [9.17, 15) is 4.79 Å². The van der Waals surface area contributed by atoms with E-state index in [2.05, 4.69) is 31.2 Å². The smallest absolute Gasteiger partial charge is 0.338 e. The fourth-order valence-electron chi connectivity index (χ4n) is 1.79. The number of esters is 1. The minimum atomic E-state index is -0.257. The summed E-state index contributed by atoms with van der Waals surface area (Å²) in [5.74, 6) is -0.257. The fourth-order valence-corrected chi connectivity index (χ4v) is 1.79. The minimum Gasteiger partial charge on any atom is -0.462 e. The Kier molecular flexibility index (Phi) is 4.35. The molecule has 0 spiro atoms. The molecule has 0 saturated carbocycles. The first-order chi connectivity index (χ1) is 9.15. The average molecular weight is 254 g/mol. The number of aryl methyl sites for hydroxylation is 2. The minimum absolute atomic E-state index is 0.257. The molecule has 2 rings (SSSR count). The van der Waals surface area contributed by atoms with Crippen LogP contribution in [0.1, 0.15) is 27.0 Å². The van der Waals surface area contributed by atoms with Gasteiger partial charge in [0.15, 0.2) is 0 Å². The first-order valence-electron chi connectivity index (χ1n) is 6.44. The monoisotopic (exact) mass is 254 g/mol. The molecule has 0 N–H and O–H groups in total. The zero-order valence-corrected chi connectivity index (χ0v) is 11.3. The summed E-state index contributed by atoms with van der Waals surface area (Å²) in [5.41, 5.74) is 4.16. The maximum Gasteiger partial charge on any atom is 0.338 e. The van der Waals surface area contributed by atoms with Crippen LogP contribution in [0.5, 0.6) is 0 Å². The first kappa shape index (κ1) is 13.3. The molecule has 2 heteroatoms. The fraction of sp³-hybridized carbons (Fsp3) is 0.235. The van der Waals surface area contributed by atoms with Crippen LogP contribution in [-0.2, 0) is 11.2 Å². The van der Waals surface area contributed by atoms with Gasteiger partial charge in [-0.25, -0.2) is 4.79 Å². The van der Waals surface area contributed by atoms with Crippen LogP contribution >= 0.6 is 0 Å². The van der Waals surface area contributed by atoms with Crippen LogP contribution in [0, 0.1) is 13.8 Å². The number of carbonyl (C=O) groups is 1. The summed E-state index contributed by atoms with van der Waals surface area (Å²) in [5, 5.41) is 0. The van der Waals surface area contributed by atoms with Gasteiger partial charge < -0.3 is 4.74 Å². The zero-order valence-electron chi connectivity index (χ0n) is 11.3. The highest BCUT2D eigenvalue weighted by molar-refractivity contribution is 5.89. The third-order valence-electron chi connectivity index (χ3n) is 3.03. The predicted octanol–water partition coefficient (Wildman–Crippen LogP) is 3.70. The van der Waals surface area contributed by atoms with Gasteiger partial charge >= 0.3 is 5.97 Å². The van der Waals surface area contributed by atoms with Crippen LogP contribution in [0.3, 0.4) is 0 Å². The van der Waals surface area contributed by atoms with Gasteiger partial charge in [0.1, 0.15) is 0 Å². The maximum absolute atomic E-state index is 11.8. The van der Waals surface area contributed by atoms with Crippen molar-refractivity contribution in [3.05, 3.63) is 70.8 Å². The van der Waals surface area contributed by atoms with E-state index in [0.717, 1.165) is 12.0 Å². The Bertz CT molecular complexity index is 538. The van der Waals surface area contributed by atoms with Crippen LogP contribution in [0.15, 0.2) is 48.5 Å². The number of ether oxygens (including phenoxy) is 1. The molecule has 2 nitrogen and oxygen atoms in total. The van der Waals surface area contributed by atoms with Gasteiger partial charge in [0.25, 0.3) is 0 Å². The molecule has 0 bridgehead atoms. The summed E-state index contributed by atoms with van der Waals surface area (Å²) in [6, 6.07) is 15.7. The summed E-state index contributed by atoms with van der Waals surface area (Å²) in [7, 11) is 0. The van der Waals surface area contributed by atoms with E-state index in [4.69, 9.17) is 4.74 Å². The van der Waals surface area contributed by atoms with E-state index in [0.29, 0.717) is 12.2 Å². The van der Waals surface area contributed by atoms with Crippen molar-refractivity contribution in [1.82, 2.24) is 0 Å². The third-order valence-corrected chi connectivity index (χ3v) is 3.03. The Labute approximate surface area is 114 Å². The van der Waals surface area contributed by atoms with Crippen LogP contribution in [0.25, 0.3) is 0 Å². The molecule has 0 aliphatic heterocycles. The largest absolute Gasteiger partial charge is 0.462 e. The summed E-state index contributed by atoms with van der Waals surface area (Å²) >= 11 is 0.